The lowest BCUT2D eigenvalue weighted by atomic mass is 9.78. The number of rotatable bonds is 20. The molecular weight excluding hydrogens is 564 g/mol. The van der Waals surface area contributed by atoms with Crippen LogP contribution in [0.2, 0.25) is 0 Å². The van der Waals surface area contributed by atoms with Crippen LogP contribution in [-0.2, 0) is 34.0 Å². The van der Waals surface area contributed by atoms with Crippen molar-refractivity contribution in [3.05, 3.63) is 85.0 Å². The minimum atomic E-state index is -1.30. The maximum Gasteiger partial charge on any atom is 0.330 e. The standard InChI is InChI=1S/C31H40O12/c1-5-27(34)40-15-23(32)17-42-29(36)19-38-25-11-7-21(8-12-25)31(3,4)22-9-13-26(14-10-22)39-20-30(37)43-18-24(33)16-41-28(35)6-2/h5-14,23-24,29-30,32-33,36-37H,1-2,15-20H2,3-4H3. The number of hydrogen-bond acceptors (Lipinski definition) is 12. The van der Waals surface area contributed by atoms with E-state index in [0.717, 1.165) is 23.3 Å². The van der Waals surface area contributed by atoms with E-state index in [-0.39, 0.29) is 45.1 Å². The Bertz CT molecular complexity index is 1060. The van der Waals surface area contributed by atoms with Crippen molar-refractivity contribution in [1.82, 2.24) is 0 Å². The molecule has 0 amide bonds. The Balaban J connectivity index is 1.78. The lowest BCUT2D eigenvalue weighted by molar-refractivity contribution is -0.154. The number of carbonyl (C=O) groups excluding carboxylic acids is 2. The molecule has 0 heterocycles. The first-order valence-corrected chi connectivity index (χ1v) is 13.4. The highest BCUT2D eigenvalue weighted by Gasteiger charge is 2.23. The summed E-state index contributed by atoms with van der Waals surface area (Å²) in [5.41, 5.74) is 1.63. The lowest BCUT2D eigenvalue weighted by Crippen LogP contribution is -2.29. The smallest absolute Gasteiger partial charge is 0.330 e. The van der Waals surface area contributed by atoms with Gasteiger partial charge >= 0.3 is 11.9 Å². The molecule has 0 saturated heterocycles. The predicted octanol–water partition coefficient (Wildman–Crippen LogP) is 1.62. The molecule has 0 saturated carbocycles. The fourth-order valence-corrected chi connectivity index (χ4v) is 3.55. The van der Waals surface area contributed by atoms with Crippen LogP contribution in [0.25, 0.3) is 0 Å². The molecule has 12 nitrogen and oxygen atoms in total. The molecule has 0 bridgehead atoms. The molecule has 0 aliphatic heterocycles. The molecule has 4 unspecified atom stereocenters. The normalized spacial score (nSPS) is 14.1. The van der Waals surface area contributed by atoms with Gasteiger partial charge in [-0.1, -0.05) is 51.3 Å². The second-order valence-electron chi connectivity index (χ2n) is 9.85. The fraction of sp³-hybridized carbons (Fsp3) is 0.419. The molecule has 0 fully saturated rings. The Hall–Kier alpha value is -3.78. The number of ether oxygens (including phenoxy) is 6. The van der Waals surface area contributed by atoms with Gasteiger partial charge in [0.05, 0.1) is 13.2 Å². The first-order valence-electron chi connectivity index (χ1n) is 13.4. The molecule has 2 rings (SSSR count). The second kappa shape index (κ2) is 18.0. The van der Waals surface area contributed by atoms with Crippen LogP contribution >= 0.6 is 0 Å². The predicted molar refractivity (Wildman–Crippen MR) is 154 cm³/mol. The number of esters is 2. The molecule has 43 heavy (non-hydrogen) atoms. The minimum Gasteiger partial charge on any atom is -0.488 e. The topological polar surface area (TPSA) is 170 Å². The number of benzene rings is 2. The molecule has 12 heteroatoms. The van der Waals surface area contributed by atoms with E-state index in [2.05, 4.69) is 27.0 Å². The van der Waals surface area contributed by atoms with E-state index in [1.807, 2.05) is 24.3 Å². The average molecular weight is 605 g/mol. The third-order valence-electron chi connectivity index (χ3n) is 6.07. The molecule has 0 spiro atoms. The summed E-state index contributed by atoms with van der Waals surface area (Å²) in [6.07, 6.45) is -2.84. The van der Waals surface area contributed by atoms with Crippen molar-refractivity contribution in [3.63, 3.8) is 0 Å². The van der Waals surface area contributed by atoms with Crippen molar-refractivity contribution in [2.24, 2.45) is 0 Å². The van der Waals surface area contributed by atoms with Crippen LogP contribution in [0.15, 0.2) is 73.8 Å². The molecular formula is C31H40O12. The quantitative estimate of drug-likeness (QED) is 0.0980. The van der Waals surface area contributed by atoms with Gasteiger partial charge in [-0.3, -0.25) is 0 Å². The van der Waals surface area contributed by atoms with Crippen LogP contribution in [0.3, 0.4) is 0 Å². The Labute approximate surface area is 250 Å². The van der Waals surface area contributed by atoms with Crippen LogP contribution in [0, 0.1) is 0 Å². The zero-order valence-electron chi connectivity index (χ0n) is 24.3. The van der Waals surface area contributed by atoms with Crippen LogP contribution in [0.5, 0.6) is 11.5 Å². The van der Waals surface area contributed by atoms with Gasteiger partial charge in [0.15, 0.2) is 12.6 Å². The van der Waals surface area contributed by atoms with E-state index < -0.39 is 36.7 Å². The van der Waals surface area contributed by atoms with Crippen molar-refractivity contribution < 1.29 is 58.4 Å². The van der Waals surface area contributed by atoms with Gasteiger partial charge in [0.25, 0.3) is 0 Å². The van der Waals surface area contributed by atoms with E-state index >= 15 is 0 Å². The van der Waals surface area contributed by atoms with Gasteiger partial charge < -0.3 is 48.8 Å². The van der Waals surface area contributed by atoms with Gasteiger partial charge in [-0.25, -0.2) is 9.59 Å². The number of hydrogen-bond donors (Lipinski definition) is 4. The molecule has 236 valence electrons. The third kappa shape index (κ3) is 13.0. The van der Waals surface area contributed by atoms with Crippen LogP contribution < -0.4 is 9.47 Å². The Morgan fingerprint density at radius 1 is 0.651 bits per heavy atom. The molecule has 0 aromatic heterocycles. The summed E-state index contributed by atoms with van der Waals surface area (Å²) < 4.78 is 30.8. The summed E-state index contributed by atoms with van der Waals surface area (Å²) in [4.78, 5) is 22.0. The van der Waals surface area contributed by atoms with E-state index in [9.17, 15) is 30.0 Å². The van der Waals surface area contributed by atoms with Gasteiger partial charge in [0, 0.05) is 17.6 Å². The zero-order valence-corrected chi connectivity index (χ0v) is 24.3. The summed E-state index contributed by atoms with van der Waals surface area (Å²) in [6, 6.07) is 14.7. The first-order chi connectivity index (χ1) is 20.4. The molecule has 0 aliphatic carbocycles. The summed E-state index contributed by atoms with van der Waals surface area (Å²) in [5.74, 6) is -0.308. The summed E-state index contributed by atoms with van der Waals surface area (Å²) >= 11 is 0. The van der Waals surface area contributed by atoms with Crippen LogP contribution in [-0.4, -0.2) is 96.8 Å². The minimum absolute atomic E-state index is 0.172. The first kappa shape index (κ1) is 35.4. The van der Waals surface area contributed by atoms with E-state index in [4.69, 9.17) is 28.4 Å². The Morgan fingerprint density at radius 2 is 1.00 bits per heavy atom. The highest BCUT2D eigenvalue weighted by molar-refractivity contribution is 5.81. The summed E-state index contributed by atoms with van der Waals surface area (Å²) in [6.45, 7) is 9.22. The van der Waals surface area contributed by atoms with E-state index in [1.54, 1.807) is 24.3 Å². The molecule has 0 radical (unpaired) electrons. The number of aliphatic hydroxyl groups excluding tert-OH is 4. The highest BCUT2D eigenvalue weighted by Crippen LogP contribution is 2.33. The summed E-state index contributed by atoms with van der Waals surface area (Å²) in [5, 5.41) is 39.4. The van der Waals surface area contributed by atoms with E-state index in [0.29, 0.717) is 11.5 Å². The van der Waals surface area contributed by atoms with E-state index in [1.165, 1.54) is 0 Å². The molecule has 2 aromatic carbocycles. The van der Waals surface area contributed by atoms with Gasteiger partial charge in [0.2, 0.25) is 0 Å². The monoisotopic (exact) mass is 604 g/mol. The number of aliphatic hydroxyl groups is 4. The Morgan fingerprint density at radius 3 is 1.33 bits per heavy atom. The molecule has 4 atom stereocenters. The van der Waals surface area contributed by atoms with Crippen LogP contribution in [0.4, 0.5) is 0 Å². The van der Waals surface area contributed by atoms with Crippen molar-refractivity contribution in [3.8, 4) is 11.5 Å². The molecule has 0 aliphatic rings. The highest BCUT2D eigenvalue weighted by atomic mass is 16.6. The fourth-order valence-electron chi connectivity index (χ4n) is 3.55. The largest absolute Gasteiger partial charge is 0.488 e. The second-order valence-corrected chi connectivity index (χ2v) is 9.85. The van der Waals surface area contributed by atoms with Gasteiger partial charge in [0.1, 0.15) is 50.1 Å². The average Bonchev–Trinajstić information content (AvgIpc) is 3.02. The Kier molecular flexibility index (Phi) is 14.8. The van der Waals surface area contributed by atoms with Gasteiger partial charge in [-0.15, -0.1) is 0 Å². The molecule has 2 aromatic rings. The third-order valence-corrected chi connectivity index (χ3v) is 6.07. The van der Waals surface area contributed by atoms with Crippen LogP contribution in [0.1, 0.15) is 25.0 Å². The number of carbonyl (C=O) groups is 2. The van der Waals surface area contributed by atoms with Crippen molar-refractivity contribution in [2.75, 3.05) is 39.6 Å². The summed E-state index contributed by atoms with van der Waals surface area (Å²) in [7, 11) is 0. The zero-order chi connectivity index (χ0) is 31.8. The van der Waals surface area contributed by atoms with Gasteiger partial charge in [-0.05, 0) is 35.4 Å². The van der Waals surface area contributed by atoms with Crippen molar-refractivity contribution in [1.29, 1.82) is 0 Å². The maximum atomic E-state index is 11.0. The molecule has 4 N–H and O–H groups in total. The lowest BCUT2D eigenvalue weighted by Gasteiger charge is -2.26. The SMILES string of the molecule is C=CC(=O)OCC(O)COC(O)COc1ccc(C(C)(C)c2ccc(OCC(O)OCC(O)COC(=O)C=C)cc2)cc1. The maximum absolute atomic E-state index is 11.0. The van der Waals surface area contributed by atoms with Crippen molar-refractivity contribution in [2.45, 2.75) is 44.1 Å². The van der Waals surface area contributed by atoms with Gasteiger partial charge in [-0.2, -0.15) is 0 Å². The van der Waals surface area contributed by atoms with Crippen molar-refractivity contribution >= 4 is 11.9 Å².